The Morgan fingerprint density at radius 1 is 1.05 bits per heavy atom. The van der Waals surface area contributed by atoms with Gasteiger partial charge in [-0.15, -0.1) is 0 Å². The summed E-state index contributed by atoms with van der Waals surface area (Å²) in [6.45, 7) is 14.0. The van der Waals surface area contributed by atoms with Crippen LogP contribution >= 0.6 is 0 Å². The predicted octanol–water partition coefficient (Wildman–Crippen LogP) is 4.90. The molecule has 0 amide bonds. The summed E-state index contributed by atoms with van der Waals surface area (Å²) in [6.07, 6.45) is 0. The molecular formula is C19H29N3. The van der Waals surface area contributed by atoms with Gasteiger partial charge in [-0.2, -0.15) is 5.10 Å². The number of hydrogen-bond donors (Lipinski definition) is 1. The molecule has 0 bridgehead atoms. The van der Waals surface area contributed by atoms with E-state index in [1.165, 1.54) is 28.1 Å². The summed E-state index contributed by atoms with van der Waals surface area (Å²) in [6, 6.07) is 6.64. The second kappa shape index (κ2) is 6.55. The average Bonchev–Trinajstić information content (AvgIpc) is 2.71. The molecule has 2 rings (SSSR count). The van der Waals surface area contributed by atoms with Crippen molar-refractivity contribution < 1.29 is 0 Å². The van der Waals surface area contributed by atoms with Gasteiger partial charge in [0.2, 0.25) is 0 Å². The minimum Gasteiger partial charge on any atom is -0.379 e. The fraction of sp³-hybridized carbons (Fsp3) is 0.526. The summed E-state index contributed by atoms with van der Waals surface area (Å²) < 4.78 is 1.96. The Morgan fingerprint density at radius 3 is 2.00 bits per heavy atom. The Bertz CT molecular complexity index is 625. The van der Waals surface area contributed by atoms with Crippen LogP contribution in [-0.2, 0) is 13.6 Å². The Morgan fingerprint density at radius 2 is 1.59 bits per heavy atom. The van der Waals surface area contributed by atoms with E-state index in [1.807, 2.05) is 11.7 Å². The highest BCUT2D eigenvalue weighted by molar-refractivity contribution is 5.60. The van der Waals surface area contributed by atoms with E-state index in [4.69, 9.17) is 0 Å². The molecule has 3 nitrogen and oxygen atoms in total. The van der Waals surface area contributed by atoms with Crippen molar-refractivity contribution in [2.24, 2.45) is 7.05 Å². The Labute approximate surface area is 134 Å². The zero-order valence-electron chi connectivity index (χ0n) is 15.0. The van der Waals surface area contributed by atoms with E-state index in [0.717, 1.165) is 12.2 Å². The van der Waals surface area contributed by atoms with Crippen LogP contribution in [0.4, 0.5) is 5.69 Å². The molecule has 0 spiro atoms. The van der Waals surface area contributed by atoms with Crippen molar-refractivity contribution >= 4 is 5.69 Å². The lowest BCUT2D eigenvalue weighted by Gasteiger charge is -2.20. The molecule has 1 N–H and O–H groups in total. The molecule has 0 radical (unpaired) electrons. The van der Waals surface area contributed by atoms with Gasteiger partial charge < -0.3 is 5.32 Å². The van der Waals surface area contributed by atoms with Crippen LogP contribution in [0.15, 0.2) is 18.2 Å². The first kappa shape index (κ1) is 16.6. The summed E-state index contributed by atoms with van der Waals surface area (Å²) >= 11 is 0. The summed E-state index contributed by atoms with van der Waals surface area (Å²) in [4.78, 5) is 0. The van der Waals surface area contributed by atoms with Crippen molar-refractivity contribution in [1.29, 1.82) is 0 Å². The number of para-hydroxylation sites is 1. The number of rotatable bonds is 5. The average molecular weight is 299 g/mol. The predicted molar refractivity (Wildman–Crippen MR) is 94.6 cm³/mol. The number of aryl methyl sites for hydroxylation is 1. The van der Waals surface area contributed by atoms with Crippen molar-refractivity contribution in [3.63, 3.8) is 0 Å². The lowest BCUT2D eigenvalue weighted by molar-refractivity contribution is 0.723. The SMILES string of the molecule is Cc1c(CNc2c(C(C)C)cccc2C(C)C)nn(C)c1C. The Kier molecular flexibility index (Phi) is 4.94. The van der Waals surface area contributed by atoms with Gasteiger partial charge in [0.05, 0.1) is 12.2 Å². The molecule has 0 fully saturated rings. The number of aromatic nitrogens is 2. The molecular weight excluding hydrogens is 270 g/mol. The molecule has 22 heavy (non-hydrogen) atoms. The van der Waals surface area contributed by atoms with Crippen molar-refractivity contribution in [3.05, 3.63) is 46.3 Å². The number of hydrogen-bond acceptors (Lipinski definition) is 2. The zero-order valence-corrected chi connectivity index (χ0v) is 15.0. The van der Waals surface area contributed by atoms with Crippen LogP contribution < -0.4 is 5.32 Å². The fourth-order valence-corrected chi connectivity index (χ4v) is 2.88. The van der Waals surface area contributed by atoms with E-state index in [2.05, 4.69) is 70.2 Å². The third kappa shape index (κ3) is 3.18. The number of nitrogens with zero attached hydrogens (tertiary/aromatic N) is 2. The molecule has 0 aliphatic heterocycles. The minimum absolute atomic E-state index is 0.507. The first-order valence-electron chi connectivity index (χ1n) is 8.18. The summed E-state index contributed by atoms with van der Waals surface area (Å²) in [7, 11) is 2.01. The first-order valence-corrected chi connectivity index (χ1v) is 8.18. The summed E-state index contributed by atoms with van der Waals surface area (Å²) in [5.74, 6) is 1.01. The van der Waals surface area contributed by atoms with Crippen LogP contribution in [0, 0.1) is 13.8 Å². The monoisotopic (exact) mass is 299 g/mol. The number of benzene rings is 1. The van der Waals surface area contributed by atoms with Crippen molar-refractivity contribution in [3.8, 4) is 0 Å². The molecule has 1 aromatic carbocycles. The van der Waals surface area contributed by atoms with E-state index in [0.29, 0.717) is 11.8 Å². The first-order chi connectivity index (χ1) is 10.3. The highest BCUT2D eigenvalue weighted by atomic mass is 15.3. The molecule has 1 heterocycles. The van der Waals surface area contributed by atoms with Crippen LogP contribution in [-0.4, -0.2) is 9.78 Å². The highest BCUT2D eigenvalue weighted by Gasteiger charge is 2.15. The van der Waals surface area contributed by atoms with Gasteiger partial charge >= 0.3 is 0 Å². The van der Waals surface area contributed by atoms with Crippen LogP contribution in [0.1, 0.15) is 67.6 Å². The van der Waals surface area contributed by atoms with Crippen LogP contribution in [0.2, 0.25) is 0 Å². The lowest BCUT2D eigenvalue weighted by atomic mass is 9.92. The van der Waals surface area contributed by atoms with Crippen molar-refractivity contribution in [2.45, 2.75) is 59.9 Å². The minimum atomic E-state index is 0.507. The van der Waals surface area contributed by atoms with E-state index < -0.39 is 0 Å². The number of anilines is 1. The molecule has 0 atom stereocenters. The van der Waals surface area contributed by atoms with Gasteiger partial charge in [-0.3, -0.25) is 4.68 Å². The maximum absolute atomic E-state index is 4.63. The van der Waals surface area contributed by atoms with Gasteiger partial charge in [0.15, 0.2) is 0 Å². The lowest BCUT2D eigenvalue weighted by Crippen LogP contribution is -2.09. The quantitative estimate of drug-likeness (QED) is 0.851. The summed E-state index contributed by atoms with van der Waals surface area (Å²) in [5.41, 5.74) is 7.71. The van der Waals surface area contributed by atoms with Crippen LogP contribution in [0.3, 0.4) is 0 Å². The van der Waals surface area contributed by atoms with Gasteiger partial charge in [0.25, 0.3) is 0 Å². The molecule has 2 aromatic rings. The fourth-order valence-electron chi connectivity index (χ4n) is 2.88. The molecule has 0 saturated heterocycles. The molecule has 0 aliphatic carbocycles. The Balaban J connectivity index is 2.33. The van der Waals surface area contributed by atoms with Crippen LogP contribution in [0.25, 0.3) is 0 Å². The third-order valence-electron chi connectivity index (χ3n) is 4.54. The van der Waals surface area contributed by atoms with E-state index >= 15 is 0 Å². The molecule has 0 unspecified atom stereocenters. The summed E-state index contributed by atoms with van der Waals surface area (Å²) in [5, 5.41) is 8.29. The Hall–Kier alpha value is -1.77. The van der Waals surface area contributed by atoms with Gasteiger partial charge in [0, 0.05) is 18.4 Å². The largest absolute Gasteiger partial charge is 0.379 e. The van der Waals surface area contributed by atoms with Gasteiger partial charge in [-0.1, -0.05) is 45.9 Å². The van der Waals surface area contributed by atoms with Gasteiger partial charge in [-0.05, 0) is 42.4 Å². The second-order valence-corrected chi connectivity index (χ2v) is 6.76. The maximum atomic E-state index is 4.63. The van der Waals surface area contributed by atoms with Gasteiger partial charge in [0.1, 0.15) is 0 Å². The van der Waals surface area contributed by atoms with Gasteiger partial charge in [-0.25, -0.2) is 0 Å². The van der Waals surface area contributed by atoms with Crippen molar-refractivity contribution in [2.75, 3.05) is 5.32 Å². The zero-order chi connectivity index (χ0) is 16.4. The second-order valence-electron chi connectivity index (χ2n) is 6.76. The maximum Gasteiger partial charge on any atom is 0.0847 e. The normalized spacial score (nSPS) is 11.5. The van der Waals surface area contributed by atoms with E-state index in [-0.39, 0.29) is 0 Å². The van der Waals surface area contributed by atoms with Crippen molar-refractivity contribution in [1.82, 2.24) is 9.78 Å². The number of nitrogens with one attached hydrogen (secondary N) is 1. The topological polar surface area (TPSA) is 29.9 Å². The third-order valence-corrected chi connectivity index (χ3v) is 4.54. The van der Waals surface area contributed by atoms with E-state index in [9.17, 15) is 0 Å². The smallest absolute Gasteiger partial charge is 0.0847 e. The molecule has 120 valence electrons. The highest BCUT2D eigenvalue weighted by Crippen LogP contribution is 2.32. The standard InChI is InChI=1S/C19H29N3/c1-12(2)16-9-8-10-17(13(3)4)19(16)20-11-18-14(5)15(6)22(7)21-18/h8-10,12-13,20H,11H2,1-7H3. The molecule has 0 saturated carbocycles. The molecule has 3 heteroatoms. The molecule has 1 aromatic heterocycles. The van der Waals surface area contributed by atoms with Crippen LogP contribution in [0.5, 0.6) is 0 Å². The molecule has 0 aliphatic rings. The van der Waals surface area contributed by atoms with E-state index in [1.54, 1.807) is 0 Å².